The number of amides is 1. The Morgan fingerprint density at radius 3 is 2.04 bits per heavy atom. The number of ether oxygens (including phenoxy) is 1. The maximum Gasteiger partial charge on any atom is 0.407 e. The van der Waals surface area contributed by atoms with Crippen molar-refractivity contribution in [3.63, 3.8) is 0 Å². The third-order valence-corrected chi connectivity index (χ3v) is 3.38. The molecule has 0 aromatic rings. The minimum absolute atomic E-state index is 0.374. The van der Waals surface area contributed by atoms with Gasteiger partial charge in [0, 0.05) is 26.7 Å². The summed E-state index contributed by atoms with van der Waals surface area (Å²) in [5.74, 6) is 0.798. The number of hydrogen-bond donors (Lipinski definition) is 3. The summed E-state index contributed by atoms with van der Waals surface area (Å²) >= 11 is 0. The van der Waals surface area contributed by atoms with E-state index in [2.05, 4.69) is 39.7 Å². The Morgan fingerprint density at radius 1 is 1.00 bits per heavy atom. The van der Waals surface area contributed by atoms with Gasteiger partial charge in [-0.15, -0.1) is 0 Å². The zero-order valence-electron chi connectivity index (χ0n) is 16.4. The van der Waals surface area contributed by atoms with Crippen LogP contribution in [0.25, 0.3) is 0 Å². The minimum atomic E-state index is -0.459. The van der Waals surface area contributed by atoms with Crippen LogP contribution < -0.4 is 16.0 Å². The Bertz CT molecular complexity index is 362. The van der Waals surface area contributed by atoms with Gasteiger partial charge in [0.1, 0.15) is 5.60 Å². The van der Waals surface area contributed by atoms with Crippen LogP contribution in [0.1, 0.15) is 47.5 Å². The summed E-state index contributed by atoms with van der Waals surface area (Å²) in [5.41, 5.74) is -0.459. The Hall–Kier alpha value is -1.50. The monoisotopic (exact) mass is 343 g/mol. The highest BCUT2D eigenvalue weighted by molar-refractivity contribution is 5.79. The second-order valence-electron chi connectivity index (χ2n) is 6.59. The van der Waals surface area contributed by atoms with Gasteiger partial charge in [0.15, 0.2) is 5.96 Å². The lowest BCUT2D eigenvalue weighted by atomic mass is 10.2. The van der Waals surface area contributed by atoms with Crippen molar-refractivity contribution in [1.82, 2.24) is 20.9 Å². The molecule has 0 fully saturated rings. The molecule has 0 rings (SSSR count). The molecule has 7 heteroatoms. The quantitative estimate of drug-likeness (QED) is 0.320. The third-order valence-electron chi connectivity index (χ3n) is 3.38. The van der Waals surface area contributed by atoms with Gasteiger partial charge in [0.25, 0.3) is 0 Å². The molecule has 0 radical (unpaired) electrons. The van der Waals surface area contributed by atoms with E-state index in [9.17, 15) is 4.79 Å². The summed E-state index contributed by atoms with van der Waals surface area (Å²) in [6.45, 7) is 15.4. The van der Waals surface area contributed by atoms with Crippen molar-refractivity contribution in [2.45, 2.75) is 53.1 Å². The number of carbonyl (C=O) groups is 1. The van der Waals surface area contributed by atoms with Crippen molar-refractivity contribution in [1.29, 1.82) is 0 Å². The predicted molar refractivity (Wildman–Crippen MR) is 101 cm³/mol. The molecular formula is C17H37N5O2. The van der Waals surface area contributed by atoms with Crippen molar-refractivity contribution < 1.29 is 9.53 Å². The molecule has 0 heterocycles. The molecule has 0 bridgehead atoms. The first-order chi connectivity index (χ1) is 11.3. The predicted octanol–water partition coefficient (Wildman–Crippen LogP) is 1.80. The molecule has 0 saturated heterocycles. The maximum atomic E-state index is 11.5. The summed E-state index contributed by atoms with van der Waals surface area (Å²) in [7, 11) is 1.76. The van der Waals surface area contributed by atoms with Gasteiger partial charge in [0.05, 0.1) is 0 Å². The molecule has 24 heavy (non-hydrogen) atoms. The first kappa shape index (κ1) is 22.5. The molecule has 1 amide bonds. The highest BCUT2D eigenvalue weighted by Gasteiger charge is 2.15. The molecule has 3 N–H and O–H groups in total. The van der Waals surface area contributed by atoms with Gasteiger partial charge >= 0.3 is 6.09 Å². The summed E-state index contributed by atoms with van der Waals surface area (Å²) < 4.78 is 5.18. The van der Waals surface area contributed by atoms with Crippen LogP contribution in [-0.2, 0) is 4.74 Å². The zero-order chi connectivity index (χ0) is 18.4. The number of nitrogens with zero attached hydrogens (tertiary/aromatic N) is 2. The van der Waals surface area contributed by atoms with Crippen LogP contribution in [0.3, 0.4) is 0 Å². The molecule has 0 spiro atoms. The Labute approximate surface area is 147 Å². The first-order valence-electron chi connectivity index (χ1n) is 8.96. The van der Waals surface area contributed by atoms with Crippen LogP contribution in [0.2, 0.25) is 0 Å². The summed E-state index contributed by atoms with van der Waals surface area (Å²) in [6.07, 6.45) is 1.52. The SMILES string of the molecule is CCN(CC)CCCNC(=NC)NCCCNC(=O)OC(C)(C)C. The topological polar surface area (TPSA) is 78.0 Å². The number of aliphatic imine (C=N–C) groups is 1. The van der Waals surface area contributed by atoms with E-state index < -0.39 is 5.60 Å². The Balaban J connectivity index is 3.71. The second-order valence-corrected chi connectivity index (χ2v) is 6.59. The molecular weight excluding hydrogens is 306 g/mol. The van der Waals surface area contributed by atoms with Crippen LogP contribution >= 0.6 is 0 Å². The summed E-state index contributed by atoms with van der Waals surface area (Å²) in [4.78, 5) is 18.1. The van der Waals surface area contributed by atoms with E-state index in [1.807, 2.05) is 20.8 Å². The smallest absolute Gasteiger partial charge is 0.407 e. The molecule has 0 saturated carbocycles. The van der Waals surface area contributed by atoms with Gasteiger partial charge in [-0.2, -0.15) is 0 Å². The van der Waals surface area contributed by atoms with Gasteiger partial charge in [-0.3, -0.25) is 4.99 Å². The van der Waals surface area contributed by atoms with E-state index in [1.54, 1.807) is 7.05 Å². The molecule has 0 aliphatic carbocycles. The van der Waals surface area contributed by atoms with Gasteiger partial charge < -0.3 is 25.6 Å². The number of guanidine groups is 1. The van der Waals surface area contributed by atoms with Crippen LogP contribution in [0, 0.1) is 0 Å². The lowest BCUT2D eigenvalue weighted by molar-refractivity contribution is 0.0527. The van der Waals surface area contributed by atoms with Gasteiger partial charge in [-0.1, -0.05) is 13.8 Å². The van der Waals surface area contributed by atoms with Crippen molar-refractivity contribution in [2.75, 3.05) is 46.3 Å². The normalized spacial score (nSPS) is 12.2. The average Bonchev–Trinajstić information content (AvgIpc) is 2.51. The number of hydrogen-bond acceptors (Lipinski definition) is 4. The number of nitrogens with one attached hydrogen (secondary N) is 3. The summed E-state index contributed by atoms with van der Waals surface area (Å²) in [5, 5.41) is 9.29. The second kappa shape index (κ2) is 12.9. The van der Waals surface area contributed by atoms with Crippen LogP contribution in [-0.4, -0.2) is 68.9 Å². The molecule has 7 nitrogen and oxygen atoms in total. The fourth-order valence-electron chi connectivity index (χ4n) is 2.07. The minimum Gasteiger partial charge on any atom is -0.444 e. The standard InChI is InChI=1S/C17H37N5O2/c1-7-22(8-2)14-10-13-20-15(18-6)19-11-9-12-21-16(23)24-17(3,4)5/h7-14H2,1-6H3,(H,21,23)(H2,18,19,20). The van der Waals surface area contributed by atoms with Crippen molar-refractivity contribution in [3.05, 3.63) is 0 Å². The van der Waals surface area contributed by atoms with E-state index in [0.29, 0.717) is 6.54 Å². The highest BCUT2D eigenvalue weighted by Crippen LogP contribution is 2.06. The zero-order valence-corrected chi connectivity index (χ0v) is 16.4. The lowest BCUT2D eigenvalue weighted by Gasteiger charge is -2.20. The number of rotatable bonds is 10. The number of alkyl carbamates (subject to hydrolysis) is 1. The van der Waals surface area contributed by atoms with E-state index in [-0.39, 0.29) is 6.09 Å². The third kappa shape index (κ3) is 13.0. The number of carbonyl (C=O) groups excluding carboxylic acids is 1. The van der Waals surface area contributed by atoms with Crippen LogP contribution in [0.5, 0.6) is 0 Å². The van der Waals surface area contributed by atoms with Crippen LogP contribution in [0.4, 0.5) is 4.79 Å². The molecule has 0 aromatic carbocycles. The molecule has 0 aliphatic heterocycles. The van der Waals surface area contributed by atoms with Crippen molar-refractivity contribution in [3.8, 4) is 0 Å². The summed E-state index contributed by atoms with van der Waals surface area (Å²) in [6, 6.07) is 0. The first-order valence-corrected chi connectivity index (χ1v) is 8.96. The molecule has 0 atom stereocenters. The van der Waals surface area contributed by atoms with E-state index in [4.69, 9.17) is 4.74 Å². The van der Waals surface area contributed by atoms with E-state index in [1.165, 1.54) is 0 Å². The fourth-order valence-corrected chi connectivity index (χ4v) is 2.07. The average molecular weight is 344 g/mol. The Morgan fingerprint density at radius 2 is 1.54 bits per heavy atom. The lowest BCUT2D eigenvalue weighted by Crippen LogP contribution is -2.40. The largest absolute Gasteiger partial charge is 0.444 e. The molecule has 142 valence electrons. The maximum absolute atomic E-state index is 11.5. The van der Waals surface area contributed by atoms with E-state index >= 15 is 0 Å². The van der Waals surface area contributed by atoms with Crippen molar-refractivity contribution in [2.24, 2.45) is 4.99 Å². The van der Waals surface area contributed by atoms with E-state index in [0.717, 1.165) is 51.5 Å². The van der Waals surface area contributed by atoms with Crippen molar-refractivity contribution >= 4 is 12.1 Å². The molecule has 0 aromatic heterocycles. The molecule has 0 unspecified atom stereocenters. The highest BCUT2D eigenvalue weighted by atomic mass is 16.6. The fraction of sp³-hybridized carbons (Fsp3) is 0.882. The Kier molecular flexibility index (Phi) is 12.1. The van der Waals surface area contributed by atoms with Gasteiger partial charge in [-0.05, 0) is 53.2 Å². The van der Waals surface area contributed by atoms with Gasteiger partial charge in [-0.25, -0.2) is 4.79 Å². The van der Waals surface area contributed by atoms with Crippen LogP contribution in [0.15, 0.2) is 4.99 Å². The molecule has 0 aliphatic rings. The van der Waals surface area contributed by atoms with Gasteiger partial charge in [0.2, 0.25) is 0 Å².